The predicted molar refractivity (Wildman–Crippen MR) is 107 cm³/mol. The van der Waals surface area contributed by atoms with Crippen molar-refractivity contribution in [3.8, 4) is 0 Å². The summed E-state index contributed by atoms with van der Waals surface area (Å²) in [5.74, 6) is -0.677. The monoisotopic (exact) mass is 420 g/mol. The van der Waals surface area contributed by atoms with Gasteiger partial charge in [-0.25, -0.2) is 17.5 Å². The first kappa shape index (κ1) is 21.4. The Labute approximate surface area is 170 Å². The van der Waals surface area contributed by atoms with Gasteiger partial charge < -0.3 is 9.64 Å². The number of nitrogens with one attached hydrogen (secondary N) is 1. The van der Waals surface area contributed by atoms with E-state index in [-0.39, 0.29) is 41.4 Å². The van der Waals surface area contributed by atoms with Crippen LogP contribution in [0.4, 0.5) is 4.39 Å². The summed E-state index contributed by atoms with van der Waals surface area (Å²) < 4.78 is 46.6. The minimum atomic E-state index is -3.75. The summed E-state index contributed by atoms with van der Waals surface area (Å²) in [5.41, 5.74) is 0.936. The molecule has 3 rings (SSSR count). The lowest BCUT2D eigenvalue weighted by atomic mass is 10.1. The highest BCUT2D eigenvalue weighted by Crippen LogP contribution is 2.17. The van der Waals surface area contributed by atoms with Gasteiger partial charge in [-0.3, -0.25) is 4.79 Å². The van der Waals surface area contributed by atoms with Crippen molar-refractivity contribution in [2.24, 2.45) is 0 Å². The van der Waals surface area contributed by atoms with E-state index in [1.54, 1.807) is 29.2 Å². The van der Waals surface area contributed by atoms with E-state index in [1.807, 2.05) is 6.92 Å². The van der Waals surface area contributed by atoms with Gasteiger partial charge in [0.25, 0.3) is 5.91 Å². The van der Waals surface area contributed by atoms with Crippen LogP contribution in [-0.4, -0.2) is 45.0 Å². The second-order valence-corrected chi connectivity index (χ2v) is 8.73. The van der Waals surface area contributed by atoms with Gasteiger partial charge in [0.2, 0.25) is 10.0 Å². The summed E-state index contributed by atoms with van der Waals surface area (Å²) in [7, 11) is -3.75. The number of hydrogen-bond donors (Lipinski definition) is 1. The molecule has 0 aromatic heterocycles. The van der Waals surface area contributed by atoms with Crippen molar-refractivity contribution < 1.29 is 22.3 Å². The number of benzene rings is 2. The Morgan fingerprint density at radius 3 is 2.72 bits per heavy atom. The smallest absolute Gasteiger partial charge is 0.254 e. The average Bonchev–Trinajstić information content (AvgIpc) is 3.24. The first-order valence-corrected chi connectivity index (χ1v) is 11.1. The van der Waals surface area contributed by atoms with E-state index in [1.165, 1.54) is 24.3 Å². The molecule has 1 atom stereocenters. The Bertz CT molecular complexity index is 959. The summed E-state index contributed by atoms with van der Waals surface area (Å²) in [4.78, 5) is 14.5. The number of ether oxygens (including phenoxy) is 1. The van der Waals surface area contributed by atoms with Gasteiger partial charge in [-0.1, -0.05) is 18.2 Å². The number of amides is 1. The van der Waals surface area contributed by atoms with Gasteiger partial charge in [-0.05, 0) is 55.7 Å². The third-order valence-corrected chi connectivity index (χ3v) is 6.27. The number of halogens is 1. The molecule has 1 heterocycles. The first-order valence-electron chi connectivity index (χ1n) is 9.64. The van der Waals surface area contributed by atoms with Crippen LogP contribution in [0, 0.1) is 5.82 Å². The van der Waals surface area contributed by atoms with Crippen molar-refractivity contribution in [3.63, 3.8) is 0 Å². The Morgan fingerprint density at radius 2 is 2.03 bits per heavy atom. The summed E-state index contributed by atoms with van der Waals surface area (Å²) in [6.45, 7) is 3.32. The highest BCUT2D eigenvalue weighted by molar-refractivity contribution is 7.89. The largest absolute Gasteiger partial charge is 0.377 e. The van der Waals surface area contributed by atoms with E-state index < -0.39 is 10.0 Å². The molecule has 29 heavy (non-hydrogen) atoms. The van der Waals surface area contributed by atoms with Gasteiger partial charge in [0, 0.05) is 31.8 Å². The highest BCUT2D eigenvalue weighted by Gasteiger charge is 2.22. The Kier molecular flexibility index (Phi) is 7.00. The van der Waals surface area contributed by atoms with E-state index in [2.05, 4.69) is 4.72 Å². The molecule has 1 unspecified atom stereocenters. The van der Waals surface area contributed by atoms with Gasteiger partial charge in [-0.15, -0.1) is 0 Å². The molecule has 1 amide bonds. The molecular formula is C21H25FN2O4S. The van der Waals surface area contributed by atoms with Crippen molar-refractivity contribution >= 4 is 15.9 Å². The van der Waals surface area contributed by atoms with Crippen LogP contribution in [0.5, 0.6) is 0 Å². The molecule has 1 fully saturated rings. The normalized spacial score (nSPS) is 16.7. The van der Waals surface area contributed by atoms with Crippen LogP contribution in [0.15, 0.2) is 53.4 Å². The molecule has 2 aromatic carbocycles. The van der Waals surface area contributed by atoms with Crippen LogP contribution in [0.2, 0.25) is 0 Å². The predicted octanol–water partition coefficient (Wildman–Crippen LogP) is 2.95. The van der Waals surface area contributed by atoms with Crippen LogP contribution in [-0.2, 0) is 21.3 Å². The van der Waals surface area contributed by atoms with Crippen LogP contribution >= 0.6 is 0 Å². The van der Waals surface area contributed by atoms with Gasteiger partial charge in [0.15, 0.2) is 0 Å². The summed E-state index contributed by atoms with van der Waals surface area (Å²) in [6.07, 6.45) is 1.64. The molecule has 0 saturated carbocycles. The standard InChI is InChI=1S/C21H25FN2O4S/c1-2-24(15-16-6-3-8-18(22)12-16)21(25)17-7-4-10-20(13-17)29(26,27)23-14-19-9-5-11-28-19/h3-4,6-8,10,12-13,19,23H,2,5,9,11,14-15H2,1H3. The zero-order valence-electron chi connectivity index (χ0n) is 16.3. The quantitative estimate of drug-likeness (QED) is 0.713. The van der Waals surface area contributed by atoms with Crippen LogP contribution in [0.1, 0.15) is 35.7 Å². The lowest BCUT2D eigenvalue weighted by Gasteiger charge is -2.21. The zero-order valence-corrected chi connectivity index (χ0v) is 17.1. The van der Waals surface area contributed by atoms with Gasteiger partial charge in [0.1, 0.15) is 5.82 Å². The molecule has 1 N–H and O–H groups in total. The molecular weight excluding hydrogens is 395 g/mol. The number of nitrogens with zero attached hydrogens (tertiary/aromatic N) is 1. The minimum Gasteiger partial charge on any atom is -0.377 e. The number of carbonyl (C=O) groups is 1. The van der Waals surface area contributed by atoms with Crippen LogP contribution in [0.25, 0.3) is 0 Å². The molecule has 1 aliphatic rings. The summed E-state index contributed by atoms with van der Waals surface area (Å²) in [5, 5.41) is 0. The van der Waals surface area contributed by atoms with E-state index in [9.17, 15) is 17.6 Å². The fourth-order valence-electron chi connectivity index (χ4n) is 3.25. The maximum atomic E-state index is 13.4. The number of sulfonamides is 1. The molecule has 0 spiro atoms. The van der Waals surface area contributed by atoms with Crippen molar-refractivity contribution in [1.82, 2.24) is 9.62 Å². The lowest BCUT2D eigenvalue weighted by Crippen LogP contribution is -2.32. The Morgan fingerprint density at radius 1 is 1.24 bits per heavy atom. The van der Waals surface area contributed by atoms with E-state index in [0.29, 0.717) is 18.7 Å². The molecule has 0 aliphatic carbocycles. The number of rotatable bonds is 8. The number of hydrogen-bond acceptors (Lipinski definition) is 4. The second kappa shape index (κ2) is 9.47. The van der Waals surface area contributed by atoms with Crippen molar-refractivity contribution in [2.45, 2.75) is 37.3 Å². The van der Waals surface area contributed by atoms with Crippen molar-refractivity contribution in [2.75, 3.05) is 19.7 Å². The Hall–Kier alpha value is -2.29. The first-order chi connectivity index (χ1) is 13.9. The highest BCUT2D eigenvalue weighted by atomic mass is 32.2. The molecule has 0 radical (unpaired) electrons. The summed E-state index contributed by atoms with van der Waals surface area (Å²) in [6, 6.07) is 12.0. The molecule has 1 aliphatic heterocycles. The molecule has 8 heteroatoms. The SMILES string of the molecule is CCN(Cc1cccc(F)c1)C(=O)c1cccc(S(=O)(=O)NCC2CCCO2)c1. The Balaban J connectivity index is 1.73. The molecule has 156 valence electrons. The molecule has 2 aromatic rings. The molecule has 0 bridgehead atoms. The lowest BCUT2D eigenvalue weighted by molar-refractivity contribution is 0.0752. The van der Waals surface area contributed by atoms with Crippen molar-refractivity contribution in [3.05, 3.63) is 65.5 Å². The topological polar surface area (TPSA) is 75.7 Å². The zero-order chi connectivity index (χ0) is 20.9. The third-order valence-electron chi connectivity index (χ3n) is 4.85. The second-order valence-electron chi connectivity index (χ2n) is 6.96. The summed E-state index contributed by atoms with van der Waals surface area (Å²) >= 11 is 0. The molecule has 6 nitrogen and oxygen atoms in total. The van der Waals surface area contributed by atoms with E-state index >= 15 is 0 Å². The molecule has 1 saturated heterocycles. The van der Waals surface area contributed by atoms with Crippen LogP contribution in [0.3, 0.4) is 0 Å². The van der Waals surface area contributed by atoms with E-state index in [4.69, 9.17) is 4.74 Å². The fraction of sp³-hybridized carbons (Fsp3) is 0.381. The van der Waals surface area contributed by atoms with Crippen molar-refractivity contribution in [1.29, 1.82) is 0 Å². The van der Waals surface area contributed by atoms with E-state index in [0.717, 1.165) is 12.8 Å². The fourth-order valence-corrected chi connectivity index (χ4v) is 4.36. The van der Waals surface area contributed by atoms with Gasteiger partial charge >= 0.3 is 0 Å². The average molecular weight is 421 g/mol. The van der Waals surface area contributed by atoms with Gasteiger partial charge in [0.05, 0.1) is 11.0 Å². The van der Waals surface area contributed by atoms with Gasteiger partial charge in [-0.2, -0.15) is 0 Å². The third kappa shape index (κ3) is 5.62. The number of carbonyl (C=O) groups excluding carboxylic acids is 1. The maximum absolute atomic E-state index is 13.4. The maximum Gasteiger partial charge on any atom is 0.254 e. The minimum absolute atomic E-state index is 0.0307. The van der Waals surface area contributed by atoms with Crippen LogP contribution < -0.4 is 4.72 Å².